The van der Waals surface area contributed by atoms with Crippen molar-refractivity contribution in [2.45, 2.75) is 26.2 Å². The molecule has 2 heterocycles. The van der Waals surface area contributed by atoms with E-state index in [0.29, 0.717) is 11.7 Å². The van der Waals surface area contributed by atoms with Gasteiger partial charge in [0.2, 0.25) is 11.7 Å². The summed E-state index contributed by atoms with van der Waals surface area (Å²) in [7, 11) is 0. The van der Waals surface area contributed by atoms with E-state index in [1.54, 1.807) is 12.4 Å². The van der Waals surface area contributed by atoms with E-state index in [1.165, 1.54) is 0 Å². The van der Waals surface area contributed by atoms with Gasteiger partial charge < -0.3 is 4.52 Å². The summed E-state index contributed by atoms with van der Waals surface area (Å²) in [5.41, 5.74) is 0.893. The Morgan fingerprint density at radius 1 is 1.40 bits per heavy atom. The summed E-state index contributed by atoms with van der Waals surface area (Å²) >= 11 is 0. The molecule has 0 unspecified atom stereocenters. The highest BCUT2D eigenvalue weighted by Crippen LogP contribution is 2.14. The maximum atomic E-state index is 5.13. The van der Waals surface area contributed by atoms with Crippen molar-refractivity contribution in [1.29, 1.82) is 0 Å². The molecule has 0 radical (unpaired) electrons. The summed E-state index contributed by atoms with van der Waals surface area (Å²) in [6.07, 6.45) is 6.51. The molecule has 0 aliphatic rings. The minimum atomic E-state index is 0.620. The predicted octanol–water partition coefficient (Wildman–Crippen LogP) is 2.47. The van der Waals surface area contributed by atoms with Gasteiger partial charge in [0, 0.05) is 24.4 Å². The minimum Gasteiger partial charge on any atom is -0.339 e. The number of hydrogen-bond acceptors (Lipinski definition) is 4. The molecule has 0 aromatic carbocycles. The summed E-state index contributed by atoms with van der Waals surface area (Å²) < 4.78 is 5.13. The van der Waals surface area contributed by atoms with Gasteiger partial charge in [0.05, 0.1) is 0 Å². The third-order valence-corrected chi connectivity index (χ3v) is 2.13. The zero-order valence-corrected chi connectivity index (χ0v) is 8.68. The van der Waals surface area contributed by atoms with Gasteiger partial charge in [-0.3, -0.25) is 4.98 Å². The highest BCUT2D eigenvalue weighted by Gasteiger charge is 2.07. The van der Waals surface area contributed by atoms with Gasteiger partial charge in [-0.1, -0.05) is 18.5 Å². The zero-order valence-electron chi connectivity index (χ0n) is 8.68. The second-order valence-corrected chi connectivity index (χ2v) is 3.36. The molecule has 15 heavy (non-hydrogen) atoms. The van der Waals surface area contributed by atoms with E-state index in [0.717, 1.165) is 24.8 Å². The highest BCUT2D eigenvalue weighted by molar-refractivity contribution is 5.51. The van der Waals surface area contributed by atoms with E-state index in [1.807, 2.05) is 12.1 Å². The monoisotopic (exact) mass is 203 g/mol. The van der Waals surface area contributed by atoms with Crippen LogP contribution in [0.5, 0.6) is 0 Å². The number of unbranched alkanes of at least 4 members (excludes halogenated alkanes) is 1. The molecular weight excluding hydrogens is 190 g/mol. The summed E-state index contributed by atoms with van der Waals surface area (Å²) in [5.74, 6) is 1.32. The molecule has 0 spiro atoms. The molecule has 2 aromatic heterocycles. The van der Waals surface area contributed by atoms with Crippen LogP contribution in [0.3, 0.4) is 0 Å². The number of nitrogens with zero attached hydrogens (tertiary/aromatic N) is 3. The Morgan fingerprint density at radius 3 is 3.07 bits per heavy atom. The lowest BCUT2D eigenvalue weighted by Gasteiger charge is -1.90. The first-order valence-electron chi connectivity index (χ1n) is 5.13. The number of pyridine rings is 1. The molecule has 0 fully saturated rings. The van der Waals surface area contributed by atoms with Crippen molar-refractivity contribution in [3.63, 3.8) is 0 Å². The Hall–Kier alpha value is -1.71. The largest absolute Gasteiger partial charge is 0.339 e. The van der Waals surface area contributed by atoms with Crippen LogP contribution in [0.25, 0.3) is 11.4 Å². The lowest BCUT2D eigenvalue weighted by Crippen LogP contribution is -1.85. The van der Waals surface area contributed by atoms with Gasteiger partial charge in [-0.05, 0) is 18.6 Å². The Labute approximate surface area is 88.4 Å². The van der Waals surface area contributed by atoms with Gasteiger partial charge in [0.1, 0.15) is 0 Å². The molecule has 0 saturated heterocycles. The second kappa shape index (κ2) is 4.68. The van der Waals surface area contributed by atoms with Gasteiger partial charge in [0.15, 0.2) is 0 Å². The zero-order chi connectivity index (χ0) is 10.5. The molecule has 0 aliphatic carbocycles. The van der Waals surface area contributed by atoms with Gasteiger partial charge in [0.25, 0.3) is 0 Å². The van der Waals surface area contributed by atoms with E-state index >= 15 is 0 Å². The van der Waals surface area contributed by atoms with E-state index in [-0.39, 0.29) is 0 Å². The number of rotatable bonds is 4. The van der Waals surface area contributed by atoms with E-state index in [2.05, 4.69) is 22.0 Å². The van der Waals surface area contributed by atoms with Gasteiger partial charge in [-0.15, -0.1) is 0 Å². The van der Waals surface area contributed by atoms with Crippen LogP contribution in [-0.2, 0) is 6.42 Å². The van der Waals surface area contributed by atoms with Gasteiger partial charge in [-0.2, -0.15) is 4.98 Å². The SMILES string of the molecule is CCCCc1nc(-c2cccnc2)no1. The van der Waals surface area contributed by atoms with E-state index in [9.17, 15) is 0 Å². The van der Waals surface area contributed by atoms with Crippen molar-refractivity contribution in [2.24, 2.45) is 0 Å². The smallest absolute Gasteiger partial charge is 0.226 e. The molecule has 0 amide bonds. The number of aryl methyl sites for hydroxylation is 1. The average molecular weight is 203 g/mol. The molecule has 4 nitrogen and oxygen atoms in total. The van der Waals surface area contributed by atoms with Crippen LogP contribution in [0.15, 0.2) is 29.0 Å². The van der Waals surface area contributed by atoms with Crippen LogP contribution in [-0.4, -0.2) is 15.1 Å². The molecular formula is C11H13N3O. The van der Waals surface area contributed by atoms with Crippen LogP contribution < -0.4 is 0 Å². The molecule has 0 saturated carbocycles. The Balaban J connectivity index is 2.14. The quantitative estimate of drug-likeness (QED) is 0.766. The van der Waals surface area contributed by atoms with Crippen molar-refractivity contribution in [2.75, 3.05) is 0 Å². The Kier molecular flexibility index (Phi) is 3.07. The third kappa shape index (κ3) is 2.40. The molecule has 0 atom stereocenters. The maximum absolute atomic E-state index is 5.13. The highest BCUT2D eigenvalue weighted by atomic mass is 16.5. The Morgan fingerprint density at radius 2 is 2.33 bits per heavy atom. The molecule has 2 rings (SSSR count). The topological polar surface area (TPSA) is 51.8 Å². The third-order valence-electron chi connectivity index (χ3n) is 2.13. The van der Waals surface area contributed by atoms with Crippen LogP contribution in [0.4, 0.5) is 0 Å². The van der Waals surface area contributed by atoms with Crippen molar-refractivity contribution >= 4 is 0 Å². The maximum Gasteiger partial charge on any atom is 0.226 e. The van der Waals surface area contributed by atoms with Crippen LogP contribution >= 0.6 is 0 Å². The summed E-state index contributed by atoms with van der Waals surface area (Å²) in [5, 5.41) is 3.91. The van der Waals surface area contributed by atoms with E-state index < -0.39 is 0 Å². The fraction of sp³-hybridized carbons (Fsp3) is 0.364. The average Bonchev–Trinajstić information content (AvgIpc) is 2.76. The molecule has 0 bridgehead atoms. The molecule has 0 N–H and O–H groups in total. The van der Waals surface area contributed by atoms with Crippen LogP contribution in [0.2, 0.25) is 0 Å². The second-order valence-electron chi connectivity index (χ2n) is 3.36. The first-order chi connectivity index (χ1) is 7.40. The first-order valence-corrected chi connectivity index (χ1v) is 5.13. The van der Waals surface area contributed by atoms with Crippen molar-refractivity contribution < 1.29 is 4.52 Å². The number of hydrogen-bond donors (Lipinski definition) is 0. The summed E-state index contributed by atoms with van der Waals surface area (Å²) in [6.45, 7) is 2.14. The van der Waals surface area contributed by atoms with Crippen LogP contribution in [0.1, 0.15) is 25.7 Å². The van der Waals surface area contributed by atoms with Crippen LogP contribution in [0, 0.1) is 0 Å². The van der Waals surface area contributed by atoms with E-state index in [4.69, 9.17) is 4.52 Å². The van der Waals surface area contributed by atoms with Crippen molar-refractivity contribution in [1.82, 2.24) is 15.1 Å². The van der Waals surface area contributed by atoms with Gasteiger partial charge in [-0.25, -0.2) is 0 Å². The molecule has 4 heteroatoms. The van der Waals surface area contributed by atoms with Gasteiger partial charge >= 0.3 is 0 Å². The first kappa shape index (κ1) is 9.83. The normalized spacial score (nSPS) is 10.5. The number of aromatic nitrogens is 3. The molecule has 78 valence electrons. The minimum absolute atomic E-state index is 0.620. The lowest BCUT2D eigenvalue weighted by atomic mass is 10.2. The summed E-state index contributed by atoms with van der Waals surface area (Å²) in [6, 6.07) is 3.78. The van der Waals surface area contributed by atoms with Crippen molar-refractivity contribution in [3.05, 3.63) is 30.4 Å². The molecule has 0 aliphatic heterocycles. The lowest BCUT2D eigenvalue weighted by molar-refractivity contribution is 0.375. The fourth-order valence-corrected chi connectivity index (χ4v) is 1.30. The Bertz CT molecular complexity index is 411. The predicted molar refractivity (Wildman–Crippen MR) is 56.1 cm³/mol. The molecule has 2 aromatic rings. The standard InChI is InChI=1S/C11H13N3O/c1-2-3-6-10-13-11(14-15-10)9-5-4-7-12-8-9/h4-5,7-8H,2-3,6H2,1H3. The summed E-state index contributed by atoms with van der Waals surface area (Å²) in [4.78, 5) is 8.31. The fourth-order valence-electron chi connectivity index (χ4n) is 1.30. The van der Waals surface area contributed by atoms with Crippen molar-refractivity contribution in [3.8, 4) is 11.4 Å².